The lowest BCUT2D eigenvalue weighted by molar-refractivity contribution is 0.399. The Bertz CT molecular complexity index is 923. The van der Waals surface area contributed by atoms with E-state index in [0.717, 1.165) is 6.42 Å². The van der Waals surface area contributed by atoms with Gasteiger partial charge < -0.3 is 0 Å². The summed E-state index contributed by atoms with van der Waals surface area (Å²) in [5.41, 5.74) is 11.9. The molecule has 0 radical (unpaired) electrons. The van der Waals surface area contributed by atoms with E-state index in [0.29, 0.717) is 5.92 Å². The predicted molar refractivity (Wildman–Crippen MR) is 128 cm³/mol. The van der Waals surface area contributed by atoms with E-state index in [2.05, 4.69) is 97.0 Å². The summed E-state index contributed by atoms with van der Waals surface area (Å²) < 4.78 is 0. The van der Waals surface area contributed by atoms with Gasteiger partial charge in [0.1, 0.15) is 0 Å². The quantitative estimate of drug-likeness (QED) is 0.452. The summed E-state index contributed by atoms with van der Waals surface area (Å²) in [7, 11) is 0. The van der Waals surface area contributed by atoms with Gasteiger partial charge in [-0.2, -0.15) is 0 Å². The fourth-order valence-electron chi connectivity index (χ4n) is 4.88. The molecule has 0 fully saturated rings. The number of aryl methyl sites for hydroxylation is 5. The molecule has 0 saturated carbocycles. The van der Waals surface area contributed by atoms with Gasteiger partial charge in [-0.15, -0.1) is 0 Å². The Morgan fingerprint density at radius 2 is 1.52 bits per heavy atom. The molecule has 3 rings (SSSR count). The van der Waals surface area contributed by atoms with E-state index in [1.54, 1.807) is 11.1 Å². The Labute approximate surface area is 178 Å². The normalized spacial score (nSPS) is 19.8. The highest BCUT2D eigenvalue weighted by molar-refractivity contribution is 5.44. The van der Waals surface area contributed by atoms with Crippen LogP contribution in [-0.4, -0.2) is 0 Å². The summed E-state index contributed by atoms with van der Waals surface area (Å²) in [6.07, 6.45) is 9.47. The zero-order valence-electron chi connectivity index (χ0n) is 19.5. The minimum Gasteiger partial charge on any atom is -0.0642 e. The van der Waals surface area contributed by atoms with Crippen LogP contribution in [-0.2, 0) is 12.8 Å². The molecule has 0 amide bonds. The lowest BCUT2D eigenvalue weighted by Crippen LogP contribution is -2.24. The molecule has 0 bridgehead atoms. The van der Waals surface area contributed by atoms with Crippen molar-refractivity contribution >= 4 is 0 Å². The van der Waals surface area contributed by atoms with Crippen LogP contribution >= 0.6 is 0 Å². The molecule has 2 atom stereocenters. The average molecular weight is 387 g/mol. The van der Waals surface area contributed by atoms with Gasteiger partial charge in [-0.3, -0.25) is 0 Å². The fraction of sp³-hybridized carbons (Fsp3) is 0.448. The Hall–Kier alpha value is -2.08. The van der Waals surface area contributed by atoms with Gasteiger partial charge in [0.25, 0.3) is 0 Å². The molecule has 1 aliphatic carbocycles. The van der Waals surface area contributed by atoms with Gasteiger partial charge in [0.05, 0.1) is 0 Å². The van der Waals surface area contributed by atoms with Gasteiger partial charge in [0, 0.05) is 5.41 Å². The monoisotopic (exact) mass is 386 g/mol. The second-order valence-electron chi connectivity index (χ2n) is 9.46. The lowest BCUT2D eigenvalue weighted by Gasteiger charge is -2.34. The van der Waals surface area contributed by atoms with Crippen molar-refractivity contribution in [1.82, 2.24) is 0 Å². The Kier molecular flexibility index (Phi) is 6.52. The Morgan fingerprint density at radius 1 is 0.862 bits per heavy atom. The van der Waals surface area contributed by atoms with Crippen LogP contribution in [0.2, 0.25) is 0 Å². The van der Waals surface area contributed by atoms with E-state index in [1.165, 1.54) is 52.6 Å². The van der Waals surface area contributed by atoms with Crippen LogP contribution in [0.15, 0.2) is 59.7 Å². The van der Waals surface area contributed by atoms with Crippen molar-refractivity contribution in [2.75, 3.05) is 0 Å². The molecule has 154 valence electrons. The summed E-state index contributed by atoms with van der Waals surface area (Å²) in [6, 6.07) is 13.8. The predicted octanol–water partition coefficient (Wildman–Crippen LogP) is 8.01. The van der Waals surface area contributed by atoms with E-state index in [1.807, 2.05) is 0 Å². The fourth-order valence-corrected chi connectivity index (χ4v) is 4.88. The molecule has 0 heteroatoms. The molecular formula is C29H38. The number of allylic oxidation sites excluding steroid dienone is 4. The van der Waals surface area contributed by atoms with Crippen LogP contribution in [0.4, 0.5) is 0 Å². The molecule has 0 aromatic heterocycles. The Balaban J connectivity index is 1.70. The molecule has 1 aliphatic rings. The summed E-state index contributed by atoms with van der Waals surface area (Å²) in [4.78, 5) is 0. The van der Waals surface area contributed by atoms with Crippen molar-refractivity contribution in [2.24, 2.45) is 11.3 Å². The molecule has 0 heterocycles. The van der Waals surface area contributed by atoms with Crippen molar-refractivity contribution in [2.45, 2.75) is 74.1 Å². The molecule has 1 unspecified atom stereocenters. The van der Waals surface area contributed by atoms with E-state index in [-0.39, 0.29) is 5.41 Å². The van der Waals surface area contributed by atoms with Crippen molar-refractivity contribution in [3.05, 3.63) is 93.1 Å². The summed E-state index contributed by atoms with van der Waals surface area (Å²) in [5, 5.41) is 0. The highest BCUT2D eigenvalue weighted by Crippen LogP contribution is 2.48. The van der Waals surface area contributed by atoms with Crippen LogP contribution in [0, 0.1) is 39.0 Å². The largest absolute Gasteiger partial charge is 0.0642 e. The van der Waals surface area contributed by atoms with E-state index < -0.39 is 0 Å². The van der Waals surface area contributed by atoms with Gasteiger partial charge in [0.15, 0.2) is 0 Å². The molecule has 0 nitrogen and oxygen atoms in total. The lowest BCUT2D eigenvalue weighted by atomic mass is 9.70. The number of benzene rings is 2. The smallest absolute Gasteiger partial charge is 0.0102 e. The standard InChI is InChI=1S/C29H38/c1-8-29(7)27(19-25-12-9-20(2)10-13-25)15-16-28(29)21(3)11-14-26-18-23(5)22(4)17-24(26)6/h9-10,12-13,15-18,21H,8,11,14,19H2,1-7H3/t21-,29?/m0/s1. The van der Waals surface area contributed by atoms with Crippen LogP contribution in [0.3, 0.4) is 0 Å². The van der Waals surface area contributed by atoms with Crippen LogP contribution < -0.4 is 0 Å². The van der Waals surface area contributed by atoms with Crippen molar-refractivity contribution in [1.29, 1.82) is 0 Å². The highest BCUT2D eigenvalue weighted by Gasteiger charge is 2.36. The van der Waals surface area contributed by atoms with Crippen LogP contribution in [0.1, 0.15) is 67.0 Å². The van der Waals surface area contributed by atoms with Gasteiger partial charge in [-0.1, -0.05) is 86.0 Å². The molecule has 2 aromatic carbocycles. The van der Waals surface area contributed by atoms with Crippen molar-refractivity contribution in [3.8, 4) is 0 Å². The number of hydrogen-bond donors (Lipinski definition) is 0. The molecular weight excluding hydrogens is 348 g/mol. The third kappa shape index (κ3) is 4.58. The summed E-state index contributed by atoms with van der Waals surface area (Å²) in [5.74, 6) is 0.604. The number of hydrogen-bond acceptors (Lipinski definition) is 0. The number of rotatable bonds is 7. The van der Waals surface area contributed by atoms with Gasteiger partial charge >= 0.3 is 0 Å². The minimum absolute atomic E-state index is 0.197. The topological polar surface area (TPSA) is 0 Å². The molecule has 29 heavy (non-hydrogen) atoms. The molecule has 0 saturated heterocycles. The van der Waals surface area contributed by atoms with Crippen molar-refractivity contribution < 1.29 is 0 Å². The van der Waals surface area contributed by atoms with Crippen molar-refractivity contribution in [3.63, 3.8) is 0 Å². The van der Waals surface area contributed by atoms with Crippen LogP contribution in [0.5, 0.6) is 0 Å². The molecule has 2 aromatic rings. The maximum atomic E-state index is 2.46. The Morgan fingerprint density at radius 3 is 2.17 bits per heavy atom. The zero-order valence-corrected chi connectivity index (χ0v) is 19.5. The highest BCUT2D eigenvalue weighted by atomic mass is 14.4. The second-order valence-corrected chi connectivity index (χ2v) is 9.46. The molecule has 0 N–H and O–H groups in total. The first-order valence-electron chi connectivity index (χ1n) is 11.3. The summed E-state index contributed by atoms with van der Waals surface area (Å²) >= 11 is 0. The average Bonchev–Trinajstić information content (AvgIpc) is 3.02. The van der Waals surface area contributed by atoms with E-state index in [9.17, 15) is 0 Å². The third-order valence-electron chi connectivity index (χ3n) is 7.36. The molecule has 0 aliphatic heterocycles. The maximum Gasteiger partial charge on any atom is 0.0102 e. The first kappa shape index (κ1) is 21.6. The minimum atomic E-state index is 0.197. The van der Waals surface area contributed by atoms with E-state index in [4.69, 9.17) is 0 Å². The van der Waals surface area contributed by atoms with E-state index >= 15 is 0 Å². The van der Waals surface area contributed by atoms with Crippen LogP contribution in [0.25, 0.3) is 0 Å². The first-order chi connectivity index (χ1) is 13.7. The van der Waals surface area contributed by atoms with Gasteiger partial charge in [-0.25, -0.2) is 0 Å². The second kappa shape index (κ2) is 8.74. The van der Waals surface area contributed by atoms with Gasteiger partial charge in [-0.05, 0) is 87.1 Å². The summed E-state index contributed by atoms with van der Waals surface area (Å²) in [6.45, 7) is 16.1. The third-order valence-corrected chi connectivity index (χ3v) is 7.36. The first-order valence-corrected chi connectivity index (χ1v) is 11.3. The zero-order chi connectivity index (χ0) is 21.2. The van der Waals surface area contributed by atoms with Gasteiger partial charge in [0.2, 0.25) is 0 Å². The maximum absolute atomic E-state index is 2.46. The molecule has 0 spiro atoms. The SMILES string of the molecule is CCC1(C)C(Cc2ccc(C)cc2)=CC=C1[C@@H](C)CCc1cc(C)c(C)cc1C.